The molecule has 106 valence electrons. The van der Waals surface area contributed by atoms with E-state index in [4.69, 9.17) is 5.11 Å². The van der Waals surface area contributed by atoms with Crippen LogP contribution >= 0.6 is 0 Å². The van der Waals surface area contributed by atoms with Crippen LogP contribution in [0.15, 0.2) is 0 Å². The highest BCUT2D eigenvalue weighted by Gasteiger charge is 2.37. The van der Waals surface area contributed by atoms with E-state index in [1.165, 1.54) is 4.90 Å². The topological polar surface area (TPSA) is 69.6 Å². The monoisotopic (exact) mass is 258 g/mol. The maximum absolute atomic E-state index is 12.1. The van der Waals surface area contributed by atoms with Crippen molar-refractivity contribution in [2.75, 3.05) is 6.54 Å². The molecular weight excluding hydrogens is 232 g/mol. The molecule has 0 fully saturated rings. The summed E-state index contributed by atoms with van der Waals surface area (Å²) in [5.41, 5.74) is -1.19. The number of carboxylic acids is 1. The molecule has 5 heteroatoms. The second-order valence-corrected chi connectivity index (χ2v) is 4.95. The summed E-state index contributed by atoms with van der Waals surface area (Å²) in [6.45, 7) is 9.31. The summed E-state index contributed by atoms with van der Waals surface area (Å²) >= 11 is 0. The van der Waals surface area contributed by atoms with Gasteiger partial charge < -0.3 is 15.3 Å². The van der Waals surface area contributed by atoms with Crippen LogP contribution in [0.3, 0.4) is 0 Å². The maximum Gasteiger partial charge on any atom is 0.329 e. The Bertz CT molecular complexity index is 290. The SMILES string of the molecule is CCCC(CC)NC(=O)N(CC)C(C)(C)C(=O)O. The zero-order valence-corrected chi connectivity index (χ0v) is 12.1. The van der Waals surface area contributed by atoms with Gasteiger partial charge in [0, 0.05) is 12.6 Å². The first kappa shape index (κ1) is 16.7. The van der Waals surface area contributed by atoms with Crippen LogP contribution in [0.25, 0.3) is 0 Å². The third kappa shape index (κ3) is 4.20. The van der Waals surface area contributed by atoms with Crippen LogP contribution in [0, 0.1) is 0 Å². The normalized spacial score (nSPS) is 12.9. The fourth-order valence-electron chi connectivity index (χ4n) is 1.89. The number of carboxylic acid groups (broad SMARTS) is 1. The minimum absolute atomic E-state index is 0.112. The molecule has 0 heterocycles. The van der Waals surface area contributed by atoms with Gasteiger partial charge in [-0.15, -0.1) is 0 Å². The summed E-state index contributed by atoms with van der Waals surface area (Å²) in [5, 5.41) is 12.1. The summed E-state index contributed by atoms with van der Waals surface area (Å²) in [4.78, 5) is 24.7. The molecule has 0 saturated heterocycles. The number of aliphatic carboxylic acids is 1. The second-order valence-electron chi connectivity index (χ2n) is 4.95. The molecule has 0 radical (unpaired) electrons. The van der Waals surface area contributed by atoms with E-state index in [0.717, 1.165) is 19.3 Å². The van der Waals surface area contributed by atoms with Gasteiger partial charge in [-0.25, -0.2) is 9.59 Å². The van der Waals surface area contributed by atoms with Crippen LogP contribution in [0.4, 0.5) is 4.79 Å². The van der Waals surface area contributed by atoms with Crippen LogP contribution in [-0.2, 0) is 4.79 Å². The molecule has 1 unspecified atom stereocenters. The number of amides is 2. The first-order valence-corrected chi connectivity index (χ1v) is 6.62. The molecule has 0 aliphatic carbocycles. The van der Waals surface area contributed by atoms with Gasteiger partial charge in [0.1, 0.15) is 5.54 Å². The van der Waals surface area contributed by atoms with Crippen LogP contribution < -0.4 is 5.32 Å². The first-order valence-electron chi connectivity index (χ1n) is 6.62. The Morgan fingerprint density at radius 1 is 1.28 bits per heavy atom. The zero-order chi connectivity index (χ0) is 14.3. The second kappa shape index (κ2) is 7.24. The molecule has 2 amide bonds. The van der Waals surface area contributed by atoms with Crippen LogP contribution in [-0.4, -0.2) is 40.1 Å². The summed E-state index contributed by atoms with van der Waals surface area (Å²) in [5.74, 6) is -0.997. The summed E-state index contributed by atoms with van der Waals surface area (Å²) in [6, 6.07) is -0.189. The molecule has 0 spiro atoms. The van der Waals surface area contributed by atoms with E-state index in [1.807, 2.05) is 6.92 Å². The predicted molar refractivity (Wildman–Crippen MR) is 71.6 cm³/mol. The van der Waals surface area contributed by atoms with Crippen molar-refractivity contribution in [3.8, 4) is 0 Å². The Morgan fingerprint density at radius 2 is 1.83 bits per heavy atom. The number of nitrogens with zero attached hydrogens (tertiary/aromatic N) is 1. The number of likely N-dealkylation sites (N-methyl/N-ethyl adjacent to an activating group) is 1. The lowest BCUT2D eigenvalue weighted by molar-refractivity contribution is -0.147. The number of urea groups is 1. The molecule has 0 aromatic heterocycles. The number of carbonyl (C=O) groups excluding carboxylic acids is 1. The van der Waals surface area contributed by atoms with Gasteiger partial charge in [-0.2, -0.15) is 0 Å². The molecule has 5 nitrogen and oxygen atoms in total. The van der Waals surface area contributed by atoms with E-state index in [2.05, 4.69) is 12.2 Å². The third-order valence-electron chi connectivity index (χ3n) is 3.22. The minimum atomic E-state index is -1.19. The van der Waals surface area contributed by atoms with E-state index in [0.29, 0.717) is 6.54 Å². The van der Waals surface area contributed by atoms with Gasteiger partial charge in [0.05, 0.1) is 0 Å². The van der Waals surface area contributed by atoms with E-state index in [-0.39, 0.29) is 12.1 Å². The van der Waals surface area contributed by atoms with Crippen molar-refractivity contribution in [2.45, 2.75) is 65.5 Å². The largest absolute Gasteiger partial charge is 0.480 e. The number of nitrogens with one attached hydrogen (secondary N) is 1. The average Bonchev–Trinajstić information content (AvgIpc) is 2.28. The molecule has 0 aromatic rings. The smallest absolute Gasteiger partial charge is 0.329 e. The quantitative estimate of drug-likeness (QED) is 0.737. The predicted octanol–water partition coefficient (Wildman–Crippen LogP) is 2.46. The Morgan fingerprint density at radius 3 is 2.17 bits per heavy atom. The highest BCUT2D eigenvalue weighted by atomic mass is 16.4. The Labute approximate surface area is 110 Å². The molecule has 18 heavy (non-hydrogen) atoms. The highest BCUT2D eigenvalue weighted by molar-refractivity contribution is 5.85. The molecule has 0 aliphatic rings. The third-order valence-corrected chi connectivity index (χ3v) is 3.22. The lowest BCUT2D eigenvalue weighted by Crippen LogP contribution is -2.57. The molecule has 0 aliphatic heterocycles. The van der Waals surface area contributed by atoms with Gasteiger partial charge in [0.15, 0.2) is 0 Å². The van der Waals surface area contributed by atoms with E-state index in [1.54, 1.807) is 20.8 Å². The highest BCUT2D eigenvalue weighted by Crippen LogP contribution is 2.15. The number of carbonyl (C=O) groups is 2. The van der Waals surface area contributed by atoms with Crippen molar-refractivity contribution in [2.24, 2.45) is 0 Å². The average molecular weight is 258 g/mol. The Balaban J connectivity index is 4.76. The van der Waals surface area contributed by atoms with Gasteiger partial charge in [0.25, 0.3) is 0 Å². The molecule has 0 saturated carbocycles. The fourth-order valence-corrected chi connectivity index (χ4v) is 1.89. The summed E-state index contributed by atoms with van der Waals surface area (Å²) in [7, 11) is 0. The summed E-state index contributed by atoms with van der Waals surface area (Å²) in [6.07, 6.45) is 2.76. The number of hydrogen-bond donors (Lipinski definition) is 2. The minimum Gasteiger partial charge on any atom is -0.480 e. The van der Waals surface area contributed by atoms with Crippen molar-refractivity contribution in [3.05, 3.63) is 0 Å². The van der Waals surface area contributed by atoms with Gasteiger partial charge in [0.2, 0.25) is 0 Å². The van der Waals surface area contributed by atoms with Crippen molar-refractivity contribution in [1.82, 2.24) is 10.2 Å². The van der Waals surface area contributed by atoms with Crippen LogP contribution in [0.5, 0.6) is 0 Å². The molecule has 0 bridgehead atoms. The molecule has 0 rings (SSSR count). The van der Waals surface area contributed by atoms with Gasteiger partial charge >= 0.3 is 12.0 Å². The molecule has 2 N–H and O–H groups in total. The van der Waals surface area contributed by atoms with Crippen LogP contribution in [0.2, 0.25) is 0 Å². The Hall–Kier alpha value is -1.26. The standard InChI is InChI=1S/C13H26N2O3/c1-6-9-10(7-2)14-12(18)15(8-3)13(4,5)11(16)17/h10H,6-9H2,1-5H3,(H,14,18)(H,16,17). The lowest BCUT2D eigenvalue weighted by Gasteiger charge is -2.35. The van der Waals surface area contributed by atoms with Gasteiger partial charge in [-0.3, -0.25) is 0 Å². The molecule has 1 atom stereocenters. The zero-order valence-electron chi connectivity index (χ0n) is 12.1. The van der Waals surface area contributed by atoms with Gasteiger partial charge in [-0.1, -0.05) is 20.3 Å². The van der Waals surface area contributed by atoms with Crippen molar-refractivity contribution < 1.29 is 14.7 Å². The van der Waals surface area contributed by atoms with Crippen molar-refractivity contribution in [3.63, 3.8) is 0 Å². The summed E-state index contributed by atoms with van der Waals surface area (Å²) < 4.78 is 0. The van der Waals surface area contributed by atoms with E-state index >= 15 is 0 Å². The van der Waals surface area contributed by atoms with E-state index < -0.39 is 11.5 Å². The van der Waals surface area contributed by atoms with Crippen molar-refractivity contribution >= 4 is 12.0 Å². The number of hydrogen-bond acceptors (Lipinski definition) is 2. The van der Waals surface area contributed by atoms with Crippen molar-refractivity contribution in [1.29, 1.82) is 0 Å². The number of rotatable bonds is 7. The van der Waals surface area contributed by atoms with Gasteiger partial charge in [-0.05, 0) is 33.6 Å². The maximum atomic E-state index is 12.1. The molecule has 0 aromatic carbocycles. The Kier molecular flexibility index (Phi) is 6.73. The molecular formula is C13H26N2O3. The fraction of sp³-hybridized carbons (Fsp3) is 0.846. The lowest BCUT2D eigenvalue weighted by atomic mass is 10.0. The first-order chi connectivity index (χ1) is 8.31. The van der Waals surface area contributed by atoms with Crippen LogP contribution in [0.1, 0.15) is 53.9 Å². The van der Waals surface area contributed by atoms with E-state index in [9.17, 15) is 9.59 Å².